The summed E-state index contributed by atoms with van der Waals surface area (Å²) in [5, 5.41) is 7.53. The predicted molar refractivity (Wildman–Crippen MR) is 262 cm³/mol. The molecule has 288 valence electrons. The van der Waals surface area contributed by atoms with Crippen LogP contribution in [0, 0.1) is 0 Å². The molecule has 61 heavy (non-hydrogen) atoms. The zero-order chi connectivity index (χ0) is 40.5. The predicted octanol–water partition coefficient (Wildman–Crippen LogP) is 16.9. The molecule has 0 saturated heterocycles. The van der Waals surface area contributed by atoms with Crippen molar-refractivity contribution in [2.24, 2.45) is 0 Å². The molecule has 1 nitrogen and oxygen atoms in total. The number of hydrogen-bond acceptors (Lipinski definition) is 1. The van der Waals surface area contributed by atoms with E-state index in [-0.39, 0.29) is 0 Å². The molecule has 1 aliphatic rings. The number of fused-ring (bicyclic) bond motifs is 4. The van der Waals surface area contributed by atoms with E-state index in [0.717, 1.165) is 29.9 Å². The highest BCUT2D eigenvalue weighted by molar-refractivity contribution is 6.14. The summed E-state index contributed by atoms with van der Waals surface area (Å²) in [6.45, 7) is 0. The fraction of sp³-hybridized carbons (Fsp3) is 0.0333. The maximum absolute atomic E-state index is 2.44. The summed E-state index contributed by atoms with van der Waals surface area (Å²) in [4.78, 5) is 2.44. The van der Waals surface area contributed by atoms with E-state index in [1.807, 2.05) is 0 Å². The van der Waals surface area contributed by atoms with Gasteiger partial charge in [0.15, 0.2) is 0 Å². The molecule has 0 amide bonds. The monoisotopic (exact) mass is 777 g/mol. The number of rotatable bonds is 8. The van der Waals surface area contributed by atoms with Crippen molar-refractivity contribution in [1.29, 1.82) is 0 Å². The highest BCUT2D eigenvalue weighted by Gasteiger charge is 2.19. The summed E-state index contributed by atoms with van der Waals surface area (Å²) < 4.78 is 0. The van der Waals surface area contributed by atoms with Crippen LogP contribution in [0.2, 0.25) is 0 Å². The molecule has 0 atom stereocenters. The van der Waals surface area contributed by atoms with E-state index in [1.165, 1.54) is 88.0 Å². The SMILES string of the molecule is C1=C(c2ccc(N(c3ccc(-c4cc(-c5ccccc5)ccc4-c4ccccc4)cc3)c3cc4ccccc4c4ccccc34)cc2)CCC(c2ccc3ccccc3c2)=C1. The maximum Gasteiger partial charge on any atom is 0.0546 e. The molecule has 0 aromatic heterocycles. The van der Waals surface area contributed by atoms with E-state index < -0.39 is 0 Å². The summed E-state index contributed by atoms with van der Waals surface area (Å²) in [5.74, 6) is 0. The Kier molecular flexibility index (Phi) is 9.41. The molecule has 0 saturated carbocycles. The largest absolute Gasteiger partial charge is 0.310 e. The molecule has 1 aliphatic carbocycles. The van der Waals surface area contributed by atoms with Crippen LogP contribution in [0.5, 0.6) is 0 Å². The van der Waals surface area contributed by atoms with Gasteiger partial charge in [-0.3, -0.25) is 0 Å². The van der Waals surface area contributed by atoms with Crippen LogP contribution in [0.4, 0.5) is 17.1 Å². The summed E-state index contributed by atoms with van der Waals surface area (Å²) in [7, 11) is 0. The first kappa shape index (κ1) is 36.3. The minimum Gasteiger partial charge on any atom is -0.310 e. The Balaban J connectivity index is 1.000. The Bertz CT molecular complexity index is 3260. The van der Waals surface area contributed by atoms with Crippen LogP contribution in [0.15, 0.2) is 237 Å². The van der Waals surface area contributed by atoms with Gasteiger partial charge in [-0.15, -0.1) is 0 Å². The minimum absolute atomic E-state index is 1.01. The molecule has 0 unspecified atom stereocenters. The summed E-state index contributed by atoms with van der Waals surface area (Å²) in [6, 6.07) is 82.0. The first-order valence-electron chi connectivity index (χ1n) is 21.3. The number of allylic oxidation sites excluding steroid dienone is 4. The second-order valence-corrected chi connectivity index (χ2v) is 16.0. The van der Waals surface area contributed by atoms with Gasteiger partial charge in [0.1, 0.15) is 0 Å². The van der Waals surface area contributed by atoms with Crippen molar-refractivity contribution < 1.29 is 0 Å². The van der Waals surface area contributed by atoms with E-state index in [4.69, 9.17) is 0 Å². The molecule has 0 radical (unpaired) electrons. The lowest BCUT2D eigenvalue weighted by molar-refractivity contribution is 1.07. The lowest BCUT2D eigenvalue weighted by Gasteiger charge is -2.28. The molecule has 0 N–H and O–H groups in total. The molecule has 10 aromatic carbocycles. The van der Waals surface area contributed by atoms with Crippen LogP contribution in [0.25, 0.3) is 76.8 Å². The van der Waals surface area contributed by atoms with E-state index in [0.29, 0.717) is 0 Å². The van der Waals surface area contributed by atoms with Gasteiger partial charge in [-0.2, -0.15) is 0 Å². The average Bonchev–Trinajstić information content (AvgIpc) is 3.35. The van der Waals surface area contributed by atoms with E-state index in [1.54, 1.807) is 0 Å². The van der Waals surface area contributed by atoms with Crippen molar-refractivity contribution in [3.05, 3.63) is 248 Å². The molecule has 1 heteroatoms. The number of benzene rings is 10. The van der Waals surface area contributed by atoms with Gasteiger partial charge in [0, 0.05) is 16.8 Å². The van der Waals surface area contributed by atoms with Crippen molar-refractivity contribution in [3.8, 4) is 33.4 Å². The third-order valence-electron chi connectivity index (χ3n) is 12.4. The van der Waals surface area contributed by atoms with Crippen LogP contribution in [0.3, 0.4) is 0 Å². The molecule has 0 spiro atoms. The Morgan fingerprint density at radius 1 is 0.279 bits per heavy atom. The van der Waals surface area contributed by atoms with Crippen LogP contribution >= 0.6 is 0 Å². The smallest absolute Gasteiger partial charge is 0.0546 e. The topological polar surface area (TPSA) is 3.24 Å². The Labute approximate surface area is 357 Å². The quantitative estimate of drug-likeness (QED) is 0.139. The minimum atomic E-state index is 1.01. The van der Waals surface area contributed by atoms with Crippen LogP contribution in [0.1, 0.15) is 24.0 Å². The van der Waals surface area contributed by atoms with Crippen molar-refractivity contribution >= 4 is 60.5 Å². The van der Waals surface area contributed by atoms with Gasteiger partial charge in [0.25, 0.3) is 0 Å². The van der Waals surface area contributed by atoms with Gasteiger partial charge in [-0.1, -0.05) is 194 Å². The van der Waals surface area contributed by atoms with Crippen LogP contribution in [-0.2, 0) is 0 Å². The molecule has 0 aliphatic heterocycles. The van der Waals surface area contributed by atoms with Crippen molar-refractivity contribution in [2.75, 3.05) is 4.90 Å². The van der Waals surface area contributed by atoms with Crippen molar-refractivity contribution in [1.82, 2.24) is 0 Å². The summed E-state index contributed by atoms with van der Waals surface area (Å²) >= 11 is 0. The Hall–Kier alpha value is -7.74. The lowest BCUT2D eigenvalue weighted by Crippen LogP contribution is -2.11. The van der Waals surface area contributed by atoms with Crippen molar-refractivity contribution in [2.45, 2.75) is 12.8 Å². The molecule has 10 aromatic rings. The number of anilines is 3. The normalized spacial score (nSPS) is 12.7. The molecule has 0 heterocycles. The van der Waals surface area contributed by atoms with Gasteiger partial charge in [-0.05, 0) is 138 Å². The van der Waals surface area contributed by atoms with Gasteiger partial charge in [0.05, 0.1) is 5.69 Å². The van der Waals surface area contributed by atoms with E-state index in [2.05, 4.69) is 242 Å². The fourth-order valence-corrected chi connectivity index (χ4v) is 9.23. The number of hydrogen-bond donors (Lipinski definition) is 0. The third-order valence-corrected chi connectivity index (χ3v) is 12.4. The maximum atomic E-state index is 2.44. The average molecular weight is 778 g/mol. The highest BCUT2D eigenvalue weighted by Crippen LogP contribution is 2.44. The zero-order valence-electron chi connectivity index (χ0n) is 33.9. The highest BCUT2D eigenvalue weighted by atomic mass is 15.1. The molecular formula is C60H43N. The first-order valence-corrected chi connectivity index (χ1v) is 21.3. The van der Waals surface area contributed by atoms with Gasteiger partial charge >= 0.3 is 0 Å². The molecule has 11 rings (SSSR count). The Morgan fingerprint density at radius 3 is 1.48 bits per heavy atom. The third kappa shape index (κ3) is 7.01. The molecule has 0 bridgehead atoms. The second-order valence-electron chi connectivity index (χ2n) is 16.0. The van der Waals surface area contributed by atoms with E-state index >= 15 is 0 Å². The van der Waals surface area contributed by atoms with Crippen molar-refractivity contribution in [3.63, 3.8) is 0 Å². The second kappa shape index (κ2) is 15.8. The van der Waals surface area contributed by atoms with E-state index in [9.17, 15) is 0 Å². The van der Waals surface area contributed by atoms with Gasteiger partial charge in [-0.25, -0.2) is 0 Å². The summed E-state index contributed by atoms with van der Waals surface area (Å²) in [5.41, 5.74) is 16.0. The standard InChI is InChI=1S/C60H43N/c1-3-13-42(14-4-1)51-33-38-56(47-16-5-2-6-17-47)59(40-51)48-31-36-54(37-32-48)61(60-41-52-19-9-10-20-55(52)57-21-11-12-22-58(57)60)53-34-29-45(30-35-53)44-23-25-46(26-24-44)50-28-27-43-15-7-8-18-49(43)39-50/h1-23,25,27-41H,24,26H2. The molecular weight excluding hydrogens is 735 g/mol. The fourth-order valence-electron chi connectivity index (χ4n) is 9.23. The van der Waals surface area contributed by atoms with Gasteiger partial charge in [0.2, 0.25) is 0 Å². The zero-order valence-corrected chi connectivity index (χ0v) is 33.9. The molecule has 0 fully saturated rings. The lowest BCUT2D eigenvalue weighted by atomic mass is 9.89. The first-order chi connectivity index (χ1) is 30.2. The van der Waals surface area contributed by atoms with Crippen LogP contribution < -0.4 is 4.90 Å². The van der Waals surface area contributed by atoms with Crippen LogP contribution in [-0.4, -0.2) is 0 Å². The Morgan fingerprint density at radius 2 is 0.787 bits per heavy atom. The number of nitrogens with zero attached hydrogens (tertiary/aromatic N) is 1. The summed E-state index contributed by atoms with van der Waals surface area (Å²) in [6.07, 6.45) is 6.68. The van der Waals surface area contributed by atoms with Gasteiger partial charge < -0.3 is 4.90 Å².